The van der Waals surface area contributed by atoms with Crippen LogP contribution < -0.4 is 5.73 Å². The highest BCUT2D eigenvalue weighted by Gasteiger charge is 2.27. The molecule has 3 heteroatoms. The lowest BCUT2D eigenvalue weighted by Crippen LogP contribution is -2.36. The van der Waals surface area contributed by atoms with Gasteiger partial charge in [0, 0.05) is 25.0 Å². The molecule has 0 radical (unpaired) electrons. The molecular formula is C10H20N2O. The third-order valence-corrected chi connectivity index (χ3v) is 2.87. The van der Waals surface area contributed by atoms with Gasteiger partial charge in [-0.25, -0.2) is 0 Å². The lowest BCUT2D eigenvalue weighted by Gasteiger charge is -2.21. The first kappa shape index (κ1) is 10.5. The molecule has 1 rings (SSSR count). The van der Waals surface area contributed by atoms with Crippen molar-refractivity contribution in [1.29, 1.82) is 0 Å². The number of carbonyl (C=O) groups excluding carboxylic acids is 1. The van der Waals surface area contributed by atoms with Crippen LogP contribution in [-0.2, 0) is 4.79 Å². The maximum Gasteiger partial charge on any atom is 0.225 e. The second-order valence-corrected chi connectivity index (χ2v) is 3.85. The highest BCUT2D eigenvalue weighted by atomic mass is 16.2. The van der Waals surface area contributed by atoms with E-state index in [1.54, 1.807) is 0 Å². The third kappa shape index (κ3) is 2.44. The molecule has 0 bridgehead atoms. The second kappa shape index (κ2) is 4.61. The fourth-order valence-corrected chi connectivity index (χ4v) is 1.88. The van der Waals surface area contributed by atoms with Crippen molar-refractivity contribution in [3.05, 3.63) is 0 Å². The zero-order valence-electron chi connectivity index (χ0n) is 8.62. The van der Waals surface area contributed by atoms with Crippen molar-refractivity contribution in [2.75, 3.05) is 13.1 Å². The summed E-state index contributed by atoms with van der Waals surface area (Å²) in [5.74, 6) is 0.517. The number of nitrogens with two attached hydrogens (primary N) is 1. The summed E-state index contributed by atoms with van der Waals surface area (Å²) >= 11 is 0. The van der Waals surface area contributed by atoms with Gasteiger partial charge < -0.3 is 10.6 Å². The molecule has 0 aromatic rings. The van der Waals surface area contributed by atoms with E-state index in [1.165, 1.54) is 0 Å². The maximum absolute atomic E-state index is 11.8. The van der Waals surface area contributed by atoms with E-state index < -0.39 is 0 Å². The molecule has 1 saturated heterocycles. The lowest BCUT2D eigenvalue weighted by molar-refractivity contribution is -0.134. The number of nitrogens with zero attached hydrogens (tertiary/aromatic N) is 1. The molecule has 2 N–H and O–H groups in total. The van der Waals surface area contributed by atoms with E-state index in [1.807, 2.05) is 4.90 Å². The van der Waals surface area contributed by atoms with Gasteiger partial charge in [0.05, 0.1) is 0 Å². The minimum Gasteiger partial charge on any atom is -0.341 e. The maximum atomic E-state index is 11.8. The summed E-state index contributed by atoms with van der Waals surface area (Å²) in [6, 6.07) is 0.207. The molecule has 1 unspecified atom stereocenters. The van der Waals surface area contributed by atoms with Crippen LogP contribution in [0.1, 0.15) is 33.1 Å². The van der Waals surface area contributed by atoms with Crippen LogP contribution in [0.4, 0.5) is 0 Å². The predicted octanol–water partition coefficient (Wildman–Crippen LogP) is 0.982. The van der Waals surface area contributed by atoms with Crippen molar-refractivity contribution in [1.82, 2.24) is 4.90 Å². The van der Waals surface area contributed by atoms with Crippen molar-refractivity contribution in [3.8, 4) is 0 Å². The van der Waals surface area contributed by atoms with Gasteiger partial charge in [0.1, 0.15) is 0 Å². The van der Waals surface area contributed by atoms with Crippen LogP contribution in [0.2, 0.25) is 0 Å². The van der Waals surface area contributed by atoms with Gasteiger partial charge >= 0.3 is 0 Å². The fraction of sp³-hybridized carbons (Fsp3) is 0.900. The second-order valence-electron chi connectivity index (χ2n) is 3.85. The van der Waals surface area contributed by atoms with E-state index in [4.69, 9.17) is 5.73 Å². The summed E-state index contributed by atoms with van der Waals surface area (Å²) < 4.78 is 0. The molecule has 1 atom stereocenters. The van der Waals surface area contributed by atoms with Gasteiger partial charge in [-0.05, 0) is 19.3 Å². The SMILES string of the molecule is CCC(CC)C(=O)N1CCC(N)C1. The van der Waals surface area contributed by atoms with Crippen LogP contribution in [-0.4, -0.2) is 29.9 Å². The molecule has 3 nitrogen and oxygen atoms in total. The van der Waals surface area contributed by atoms with Crippen LogP contribution in [0.25, 0.3) is 0 Å². The minimum absolute atomic E-state index is 0.207. The molecule has 0 spiro atoms. The molecule has 1 fully saturated rings. The first-order valence-corrected chi connectivity index (χ1v) is 5.23. The Bertz CT molecular complexity index is 178. The smallest absolute Gasteiger partial charge is 0.225 e. The molecule has 76 valence electrons. The molecular weight excluding hydrogens is 164 g/mol. The van der Waals surface area contributed by atoms with Crippen LogP contribution >= 0.6 is 0 Å². The molecule has 0 aliphatic carbocycles. The molecule has 1 amide bonds. The summed E-state index contributed by atoms with van der Waals surface area (Å²) in [6.45, 7) is 5.76. The van der Waals surface area contributed by atoms with E-state index in [2.05, 4.69) is 13.8 Å². The highest BCUT2D eigenvalue weighted by molar-refractivity contribution is 5.79. The fourth-order valence-electron chi connectivity index (χ4n) is 1.88. The summed E-state index contributed by atoms with van der Waals surface area (Å²) in [4.78, 5) is 13.7. The van der Waals surface area contributed by atoms with E-state index >= 15 is 0 Å². The van der Waals surface area contributed by atoms with E-state index in [0.717, 1.165) is 32.4 Å². The number of hydrogen-bond acceptors (Lipinski definition) is 2. The van der Waals surface area contributed by atoms with Crippen LogP contribution in [0.5, 0.6) is 0 Å². The van der Waals surface area contributed by atoms with Crippen molar-refractivity contribution >= 4 is 5.91 Å². The van der Waals surface area contributed by atoms with Crippen LogP contribution in [0.3, 0.4) is 0 Å². The third-order valence-electron chi connectivity index (χ3n) is 2.87. The largest absolute Gasteiger partial charge is 0.341 e. The molecule has 1 aliphatic heterocycles. The Kier molecular flexibility index (Phi) is 3.72. The quantitative estimate of drug-likeness (QED) is 0.710. The summed E-state index contributed by atoms with van der Waals surface area (Å²) in [5.41, 5.74) is 5.75. The van der Waals surface area contributed by atoms with Crippen LogP contribution in [0, 0.1) is 5.92 Å². The van der Waals surface area contributed by atoms with Crippen molar-refractivity contribution < 1.29 is 4.79 Å². The van der Waals surface area contributed by atoms with Gasteiger partial charge in [0.2, 0.25) is 5.91 Å². The summed E-state index contributed by atoms with van der Waals surface area (Å²) in [6.07, 6.45) is 2.86. The number of carbonyl (C=O) groups is 1. The number of amides is 1. The van der Waals surface area contributed by atoms with Gasteiger partial charge in [-0.15, -0.1) is 0 Å². The van der Waals surface area contributed by atoms with E-state index in [0.29, 0.717) is 5.91 Å². The van der Waals surface area contributed by atoms with Gasteiger partial charge in [-0.1, -0.05) is 13.8 Å². The lowest BCUT2D eigenvalue weighted by atomic mass is 10.0. The molecule has 0 saturated carbocycles. The predicted molar refractivity (Wildman–Crippen MR) is 53.2 cm³/mol. The number of likely N-dealkylation sites (tertiary alicyclic amines) is 1. The number of rotatable bonds is 3. The Morgan fingerprint density at radius 3 is 2.54 bits per heavy atom. The topological polar surface area (TPSA) is 46.3 Å². The zero-order valence-corrected chi connectivity index (χ0v) is 8.62. The first-order chi connectivity index (χ1) is 6.19. The summed E-state index contributed by atoms with van der Waals surface area (Å²) in [5, 5.41) is 0. The van der Waals surface area contributed by atoms with Gasteiger partial charge in [-0.3, -0.25) is 4.79 Å². The van der Waals surface area contributed by atoms with Gasteiger partial charge in [0.15, 0.2) is 0 Å². The highest BCUT2D eigenvalue weighted by Crippen LogP contribution is 2.16. The molecule has 0 aromatic carbocycles. The normalized spacial score (nSPS) is 22.8. The van der Waals surface area contributed by atoms with Crippen molar-refractivity contribution in [2.24, 2.45) is 11.7 Å². The Balaban J connectivity index is 2.47. The van der Waals surface area contributed by atoms with Gasteiger partial charge in [-0.2, -0.15) is 0 Å². The van der Waals surface area contributed by atoms with E-state index in [-0.39, 0.29) is 12.0 Å². The van der Waals surface area contributed by atoms with Crippen molar-refractivity contribution in [2.45, 2.75) is 39.2 Å². The average Bonchev–Trinajstić information content (AvgIpc) is 2.54. The standard InChI is InChI=1S/C10H20N2O/c1-3-8(4-2)10(13)12-6-5-9(11)7-12/h8-9H,3-7,11H2,1-2H3. The molecule has 1 aliphatic rings. The molecule has 0 aromatic heterocycles. The Hall–Kier alpha value is -0.570. The molecule has 13 heavy (non-hydrogen) atoms. The monoisotopic (exact) mass is 184 g/mol. The Morgan fingerprint density at radius 2 is 2.15 bits per heavy atom. The molecule has 1 heterocycles. The van der Waals surface area contributed by atoms with E-state index in [9.17, 15) is 4.79 Å². The minimum atomic E-state index is 0.207. The number of hydrogen-bond donors (Lipinski definition) is 1. The zero-order chi connectivity index (χ0) is 9.84. The first-order valence-electron chi connectivity index (χ1n) is 5.23. The van der Waals surface area contributed by atoms with Gasteiger partial charge in [0.25, 0.3) is 0 Å². The summed E-state index contributed by atoms with van der Waals surface area (Å²) in [7, 11) is 0. The Labute approximate surface area is 80.3 Å². The average molecular weight is 184 g/mol. The Morgan fingerprint density at radius 1 is 1.54 bits per heavy atom. The van der Waals surface area contributed by atoms with Crippen LogP contribution in [0.15, 0.2) is 0 Å². The van der Waals surface area contributed by atoms with Crippen molar-refractivity contribution in [3.63, 3.8) is 0 Å².